The van der Waals surface area contributed by atoms with Crippen molar-refractivity contribution >= 4 is 5.69 Å². The predicted octanol–water partition coefficient (Wildman–Crippen LogP) is 3.21. The van der Waals surface area contributed by atoms with Crippen molar-refractivity contribution in [1.29, 1.82) is 0 Å². The number of hydrogen-bond acceptors (Lipinski definition) is 2. The highest BCUT2D eigenvalue weighted by atomic mass is 16.3. The summed E-state index contributed by atoms with van der Waals surface area (Å²) >= 11 is 0. The Hall–Kier alpha value is -1.02. The summed E-state index contributed by atoms with van der Waals surface area (Å²) in [4.78, 5) is 0. The number of fused-ring (bicyclic) bond motifs is 1. The van der Waals surface area contributed by atoms with E-state index in [9.17, 15) is 5.11 Å². The van der Waals surface area contributed by atoms with Crippen LogP contribution in [0.1, 0.15) is 39.7 Å². The molecule has 2 rings (SSSR count). The monoisotopic (exact) mass is 233 g/mol. The first-order valence-electron chi connectivity index (χ1n) is 6.39. The molecule has 0 saturated heterocycles. The van der Waals surface area contributed by atoms with Gasteiger partial charge in [0, 0.05) is 5.69 Å². The fourth-order valence-electron chi connectivity index (χ4n) is 2.38. The van der Waals surface area contributed by atoms with Crippen molar-refractivity contribution in [3.63, 3.8) is 0 Å². The Morgan fingerprint density at radius 2 is 1.82 bits per heavy atom. The number of anilines is 1. The number of para-hydroxylation sites is 1. The largest absolute Gasteiger partial charge is 0.387 e. The highest BCUT2D eigenvalue weighted by Gasteiger charge is 2.43. The van der Waals surface area contributed by atoms with Crippen LogP contribution in [-0.4, -0.2) is 16.7 Å². The van der Waals surface area contributed by atoms with Gasteiger partial charge in [-0.3, -0.25) is 0 Å². The molecule has 2 heteroatoms. The molecule has 2 N–H and O–H groups in total. The molecule has 1 heterocycles. The Balaban J connectivity index is 2.23. The summed E-state index contributed by atoms with van der Waals surface area (Å²) in [6.45, 7) is 8.22. The number of benzene rings is 1. The lowest BCUT2D eigenvalue weighted by Gasteiger charge is -2.45. The van der Waals surface area contributed by atoms with Gasteiger partial charge >= 0.3 is 0 Å². The zero-order chi connectivity index (χ0) is 12.7. The molecule has 94 valence electrons. The van der Waals surface area contributed by atoms with Crippen LogP contribution in [0, 0.1) is 5.41 Å². The molecule has 0 aliphatic carbocycles. The Morgan fingerprint density at radius 1 is 1.18 bits per heavy atom. The van der Waals surface area contributed by atoms with E-state index in [1.54, 1.807) is 0 Å². The van der Waals surface area contributed by atoms with Crippen LogP contribution in [0.4, 0.5) is 5.69 Å². The maximum atomic E-state index is 10.7. The summed E-state index contributed by atoms with van der Waals surface area (Å²) in [5.41, 5.74) is 1.69. The molecule has 0 saturated carbocycles. The van der Waals surface area contributed by atoms with E-state index < -0.39 is 5.60 Å². The normalized spacial score (nSPS) is 23.5. The van der Waals surface area contributed by atoms with Crippen LogP contribution in [0.2, 0.25) is 0 Å². The first kappa shape index (κ1) is 12.4. The molecule has 1 aromatic rings. The second-order valence-corrected chi connectivity index (χ2v) is 6.29. The number of aryl methyl sites for hydroxylation is 1. The van der Waals surface area contributed by atoms with Crippen LogP contribution in [-0.2, 0) is 6.42 Å². The van der Waals surface area contributed by atoms with Gasteiger partial charge in [-0.2, -0.15) is 0 Å². The minimum atomic E-state index is -0.708. The molecule has 1 aliphatic heterocycles. The van der Waals surface area contributed by atoms with E-state index in [-0.39, 0.29) is 11.5 Å². The summed E-state index contributed by atoms with van der Waals surface area (Å²) in [7, 11) is 0. The predicted molar refractivity (Wildman–Crippen MR) is 72.3 cm³/mol. The van der Waals surface area contributed by atoms with Gasteiger partial charge in [-0.15, -0.1) is 0 Å². The lowest BCUT2D eigenvalue weighted by Crippen LogP contribution is -2.54. The molecule has 1 aliphatic rings. The highest BCUT2D eigenvalue weighted by molar-refractivity contribution is 5.54. The van der Waals surface area contributed by atoms with E-state index in [1.807, 2.05) is 13.0 Å². The van der Waals surface area contributed by atoms with Crippen LogP contribution in [0.25, 0.3) is 0 Å². The van der Waals surface area contributed by atoms with Gasteiger partial charge in [0.2, 0.25) is 0 Å². The zero-order valence-electron chi connectivity index (χ0n) is 11.2. The van der Waals surface area contributed by atoms with Crippen molar-refractivity contribution in [2.24, 2.45) is 5.41 Å². The average Bonchev–Trinajstić information content (AvgIpc) is 2.27. The fraction of sp³-hybridized carbons (Fsp3) is 0.600. The number of nitrogens with one attached hydrogen (secondary N) is 1. The van der Waals surface area contributed by atoms with Crippen molar-refractivity contribution in [2.45, 2.75) is 52.2 Å². The molecule has 0 bridgehead atoms. The second-order valence-electron chi connectivity index (χ2n) is 6.29. The Kier molecular flexibility index (Phi) is 2.94. The van der Waals surface area contributed by atoms with Gasteiger partial charge < -0.3 is 10.4 Å². The molecule has 2 unspecified atom stereocenters. The molecule has 0 radical (unpaired) electrons. The van der Waals surface area contributed by atoms with Crippen LogP contribution in [0.15, 0.2) is 24.3 Å². The number of rotatable bonds is 1. The van der Waals surface area contributed by atoms with Gasteiger partial charge in [-0.05, 0) is 36.8 Å². The van der Waals surface area contributed by atoms with Gasteiger partial charge in [-0.25, -0.2) is 0 Å². The summed E-state index contributed by atoms with van der Waals surface area (Å²) in [6, 6.07) is 8.49. The van der Waals surface area contributed by atoms with E-state index in [2.05, 4.69) is 44.3 Å². The van der Waals surface area contributed by atoms with E-state index in [4.69, 9.17) is 0 Å². The van der Waals surface area contributed by atoms with E-state index >= 15 is 0 Å². The van der Waals surface area contributed by atoms with Crippen molar-refractivity contribution < 1.29 is 5.11 Å². The van der Waals surface area contributed by atoms with Crippen molar-refractivity contribution in [3.8, 4) is 0 Å². The topological polar surface area (TPSA) is 32.3 Å². The molecule has 17 heavy (non-hydrogen) atoms. The van der Waals surface area contributed by atoms with Gasteiger partial charge in [0.15, 0.2) is 0 Å². The first-order valence-corrected chi connectivity index (χ1v) is 6.39. The lowest BCUT2D eigenvalue weighted by molar-refractivity contribution is -0.0588. The Bertz CT molecular complexity index is 404. The standard InChI is InChI=1S/C15H23NO/c1-14(2,3)15(4,17)13-10-9-11-7-5-6-8-12(11)16-13/h5-8,13,16-17H,9-10H2,1-4H3. The quantitative estimate of drug-likeness (QED) is 0.780. The summed E-state index contributed by atoms with van der Waals surface area (Å²) in [5, 5.41) is 14.2. The van der Waals surface area contributed by atoms with E-state index in [1.165, 1.54) is 11.3 Å². The molecule has 0 amide bonds. The molecule has 0 spiro atoms. The Labute approximate surface area is 104 Å². The van der Waals surface area contributed by atoms with Crippen molar-refractivity contribution in [2.75, 3.05) is 5.32 Å². The maximum absolute atomic E-state index is 10.7. The SMILES string of the molecule is CC(C)(C)C(C)(O)C1CCc2ccccc2N1. The van der Waals surface area contributed by atoms with Crippen LogP contribution < -0.4 is 5.32 Å². The van der Waals surface area contributed by atoms with Crippen LogP contribution in [0.3, 0.4) is 0 Å². The second kappa shape index (κ2) is 4.02. The fourth-order valence-corrected chi connectivity index (χ4v) is 2.38. The van der Waals surface area contributed by atoms with Gasteiger partial charge in [0.25, 0.3) is 0 Å². The van der Waals surface area contributed by atoms with Crippen LogP contribution in [0.5, 0.6) is 0 Å². The molecular formula is C15H23NO. The first-order chi connectivity index (χ1) is 7.82. The van der Waals surface area contributed by atoms with Gasteiger partial charge in [-0.1, -0.05) is 39.0 Å². The van der Waals surface area contributed by atoms with Crippen molar-refractivity contribution in [1.82, 2.24) is 0 Å². The lowest BCUT2D eigenvalue weighted by atomic mass is 9.71. The summed E-state index contributed by atoms with van der Waals surface area (Å²) in [5.74, 6) is 0. The van der Waals surface area contributed by atoms with E-state index in [0.717, 1.165) is 12.8 Å². The third-order valence-corrected chi connectivity index (χ3v) is 4.25. The smallest absolute Gasteiger partial charge is 0.0867 e. The molecule has 0 fully saturated rings. The highest BCUT2D eigenvalue weighted by Crippen LogP contribution is 2.38. The van der Waals surface area contributed by atoms with Gasteiger partial charge in [0.1, 0.15) is 0 Å². The minimum absolute atomic E-state index is 0.123. The third kappa shape index (κ3) is 2.19. The van der Waals surface area contributed by atoms with Gasteiger partial charge in [0.05, 0.1) is 11.6 Å². The molecule has 0 aromatic heterocycles. The zero-order valence-corrected chi connectivity index (χ0v) is 11.2. The van der Waals surface area contributed by atoms with E-state index in [0.29, 0.717) is 0 Å². The molecule has 1 aromatic carbocycles. The summed E-state index contributed by atoms with van der Waals surface area (Å²) in [6.07, 6.45) is 2.03. The molecular weight excluding hydrogens is 210 g/mol. The number of hydrogen-bond donors (Lipinski definition) is 2. The average molecular weight is 233 g/mol. The summed E-state index contributed by atoms with van der Waals surface area (Å²) < 4.78 is 0. The van der Waals surface area contributed by atoms with Crippen LogP contribution >= 0.6 is 0 Å². The maximum Gasteiger partial charge on any atom is 0.0867 e. The third-order valence-electron chi connectivity index (χ3n) is 4.25. The van der Waals surface area contributed by atoms with Crippen molar-refractivity contribution in [3.05, 3.63) is 29.8 Å². The minimum Gasteiger partial charge on any atom is -0.387 e. The molecule has 2 atom stereocenters. The molecule has 2 nitrogen and oxygen atoms in total. The Morgan fingerprint density at radius 3 is 2.47 bits per heavy atom. The number of aliphatic hydroxyl groups is 1.